The smallest absolute Gasteiger partial charge is 0.292 e. The van der Waals surface area contributed by atoms with Gasteiger partial charge in [-0.05, 0) is 29.8 Å². The van der Waals surface area contributed by atoms with Crippen molar-refractivity contribution in [2.45, 2.75) is 6.54 Å². The van der Waals surface area contributed by atoms with Crippen molar-refractivity contribution in [3.63, 3.8) is 0 Å². The van der Waals surface area contributed by atoms with Crippen LogP contribution in [-0.4, -0.2) is 23.8 Å². The summed E-state index contributed by atoms with van der Waals surface area (Å²) in [6.45, 7) is 0.200. The molecule has 0 fully saturated rings. The molecule has 0 saturated carbocycles. The summed E-state index contributed by atoms with van der Waals surface area (Å²) in [5, 5.41) is 16.3. The third kappa shape index (κ3) is 3.86. The van der Waals surface area contributed by atoms with Gasteiger partial charge in [0, 0.05) is 30.8 Å². The number of hydrogen-bond acceptors (Lipinski definition) is 5. The number of carbonyl (C=O) groups is 2. The van der Waals surface area contributed by atoms with Crippen LogP contribution in [0, 0.1) is 10.1 Å². The van der Waals surface area contributed by atoms with Gasteiger partial charge in [0.05, 0.1) is 4.92 Å². The Labute approximate surface area is 137 Å². The van der Waals surface area contributed by atoms with Gasteiger partial charge in [0.2, 0.25) is 5.91 Å². The van der Waals surface area contributed by atoms with E-state index in [-0.39, 0.29) is 29.4 Å². The number of benzene rings is 2. The molecule has 0 unspecified atom stereocenters. The molecule has 0 spiro atoms. The first-order valence-corrected chi connectivity index (χ1v) is 7.05. The Balaban J connectivity index is 2.11. The molecule has 0 aliphatic carbocycles. The predicted octanol–water partition coefficient (Wildman–Crippen LogP) is 1.67. The number of nitro groups is 1. The van der Waals surface area contributed by atoms with Crippen LogP contribution in [0.15, 0.2) is 42.5 Å². The molecule has 2 aromatic carbocycles. The lowest BCUT2D eigenvalue weighted by Crippen LogP contribution is -2.23. The first kappa shape index (κ1) is 16.9. The van der Waals surface area contributed by atoms with Gasteiger partial charge in [0.15, 0.2) is 0 Å². The Hall–Kier alpha value is -3.42. The summed E-state index contributed by atoms with van der Waals surface area (Å²) >= 11 is 0. The van der Waals surface area contributed by atoms with Crippen molar-refractivity contribution in [2.24, 2.45) is 5.73 Å². The summed E-state index contributed by atoms with van der Waals surface area (Å²) in [4.78, 5) is 33.7. The molecule has 0 radical (unpaired) electrons. The Morgan fingerprint density at radius 2 is 1.92 bits per heavy atom. The number of nitrogens with one attached hydrogen (secondary N) is 2. The minimum atomic E-state index is -0.544. The number of hydrogen-bond donors (Lipinski definition) is 3. The number of carbonyl (C=O) groups excluding carboxylic acids is 2. The van der Waals surface area contributed by atoms with Crippen LogP contribution in [0.3, 0.4) is 0 Å². The lowest BCUT2D eigenvalue weighted by atomic mass is 10.1. The summed E-state index contributed by atoms with van der Waals surface area (Å²) in [6.07, 6.45) is 0. The third-order valence-corrected chi connectivity index (χ3v) is 3.39. The van der Waals surface area contributed by atoms with Crippen molar-refractivity contribution in [1.82, 2.24) is 5.32 Å². The molecular weight excluding hydrogens is 312 g/mol. The number of nitro benzene ring substituents is 1. The number of nitrogens with two attached hydrogens (primary N) is 1. The maximum absolute atomic E-state index is 12.2. The first-order valence-electron chi connectivity index (χ1n) is 7.05. The molecule has 2 aromatic rings. The summed E-state index contributed by atoms with van der Waals surface area (Å²) in [6, 6.07) is 10.7. The van der Waals surface area contributed by atoms with Crippen molar-refractivity contribution in [3.8, 4) is 0 Å². The van der Waals surface area contributed by atoms with E-state index in [9.17, 15) is 19.7 Å². The van der Waals surface area contributed by atoms with Gasteiger partial charge in [-0.1, -0.05) is 12.1 Å². The quantitative estimate of drug-likeness (QED) is 0.549. The summed E-state index contributed by atoms with van der Waals surface area (Å²) in [5.74, 6) is -0.928. The number of primary amides is 1. The molecule has 4 N–H and O–H groups in total. The van der Waals surface area contributed by atoms with Gasteiger partial charge in [0.25, 0.3) is 11.6 Å². The van der Waals surface area contributed by atoms with Crippen LogP contribution < -0.4 is 16.4 Å². The second-order valence-electron chi connectivity index (χ2n) is 4.99. The van der Waals surface area contributed by atoms with Crippen molar-refractivity contribution >= 4 is 23.2 Å². The highest BCUT2D eigenvalue weighted by Gasteiger charge is 2.15. The van der Waals surface area contributed by atoms with Gasteiger partial charge in [-0.15, -0.1) is 0 Å². The van der Waals surface area contributed by atoms with Gasteiger partial charge >= 0.3 is 0 Å². The Morgan fingerprint density at radius 3 is 2.54 bits per heavy atom. The SMILES string of the molecule is CNc1cc(C(=O)NCc2cccc(C(N)=O)c2)ccc1[N+](=O)[O-]. The molecule has 0 aromatic heterocycles. The second-order valence-corrected chi connectivity index (χ2v) is 4.99. The van der Waals surface area contributed by atoms with E-state index in [0.717, 1.165) is 5.56 Å². The van der Waals surface area contributed by atoms with Crippen LogP contribution in [0.4, 0.5) is 11.4 Å². The highest BCUT2D eigenvalue weighted by molar-refractivity contribution is 5.96. The molecule has 8 heteroatoms. The van der Waals surface area contributed by atoms with Crippen LogP contribution in [0.25, 0.3) is 0 Å². The van der Waals surface area contributed by atoms with Crippen LogP contribution in [0.2, 0.25) is 0 Å². The molecule has 0 atom stereocenters. The van der Waals surface area contributed by atoms with Gasteiger partial charge in [-0.2, -0.15) is 0 Å². The maximum atomic E-state index is 12.2. The van der Waals surface area contributed by atoms with Gasteiger partial charge in [0.1, 0.15) is 5.69 Å². The minimum Gasteiger partial charge on any atom is -0.383 e. The zero-order chi connectivity index (χ0) is 17.7. The number of amides is 2. The van der Waals surface area contributed by atoms with Crippen LogP contribution in [0.1, 0.15) is 26.3 Å². The van der Waals surface area contributed by atoms with Crippen molar-refractivity contribution in [2.75, 3.05) is 12.4 Å². The predicted molar refractivity (Wildman–Crippen MR) is 88.8 cm³/mol. The summed E-state index contributed by atoms with van der Waals surface area (Å²) in [7, 11) is 1.54. The molecule has 0 aliphatic heterocycles. The zero-order valence-electron chi connectivity index (χ0n) is 12.9. The zero-order valence-corrected chi connectivity index (χ0v) is 12.9. The maximum Gasteiger partial charge on any atom is 0.292 e. The van der Waals surface area contributed by atoms with Crippen molar-refractivity contribution in [3.05, 3.63) is 69.3 Å². The van der Waals surface area contributed by atoms with Gasteiger partial charge in [-0.25, -0.2) is 0 Å². The van der Waals surface area contributed by atoms with Crippen LogP contribution >= 0.6 is 0 Å². The third-order valence-electron chi connectivity index (χ3n) is 3.39. The molecule has 0 bridgehead atoms. The fraction of sp³-hybridized carbons (Fsp3) is 0.125. The average molecular weight is 328 g/mol. The highest BCUT2D eigenvalue weighted by atomic mass is 16.6. The molecule has 8 nitrogen and oxygen atoms in total. The molecule has 0 heterocycles. The van der Waals surface area contributed by atoms with E-state index >= 15 is 0 Å². The Bertz CT molecular complexity index is 804. The minimum absolute atomic E-state index is 0.108. The topological polar surface area (TPSA) is 127 Å². The van der Waals surface area contributed by atoms with Gasteiger partial charge < -0.3 is 16.4 Å². The fourth-order valence-corrected chi connectivity index (χ4v) is 2.16. The van der Waals surface area contributed by atoms with Crippen molar-refractivity contribution in [1.29, 1.82) is 0 Å². The lowest BCUT2D eigenvalue weighted by Gasteiger charge is -2.08. The Morgan fingerprint density at radius 1 is 1.17 bits per heavy atom. The summed E-state index contributed by atoms with van der Waals surface area (Å²) in [5.41, 5.74) is 6.72. The molecule has 24 heavy (non-hydrogen) atoms. The molecular formula is C16H16N4O4. The van der Waals surface area contributed by atoms with Gasteiger partial charge in [-0.3, -0.25) is 19.7 Å². The monoisotopic (exact) mass is 328 g/mol. The average Bonchev–Trinajstić information content (AvgIpc) is 2.59. The van der Waals surface area contributed by atoms with E-state index in [1.165, 1.54) is 18.2 Å². The van der Waals surface area contributed by atoms with E-state index in [4.69, 9.17) is 5.73 Å². The number of anilines is 1. The highest BCUT2D eigenvalue weighted by Crippen LogP contribution is 2.24. The fourth-order valence-electron chi connectivity index (χ4n) is 2.16. The molecule has 2 rings (SSSR count). The van der Waals surface area contributed by atoms with E-state index in [0.29, 0.717) is 5.56 Å². The standard InChI is InChI=1S/C16H16N4O4/c1-18-13-8-12(5-6-14(13)20(23)24)16(22)19-9-10-3-2-4-11(7-10)15(17)21/h2-8,18H,9H2,1H3,(H2,17,21)(H,19,22). The van der Waals surface area contributed by atoms with E-state index in [2.05, 4.69) is 10.6 Å². The van der Waals surface area contributed by atoms with E-state index < -0.39 is 10.8 Å². The largest absolute Gasteiger partial charge is 0.383 e. The number of rotatable bonds is 6. The van der Waals surface area contributed by atoms with E-state index in [1.54, 1.807) is 31.3 Å². The lowest BCUT2D eigenvalue weighted by molar-refractivity contribution is -0.383. The molecule has 2 amide bonds. The number of nitrogens with zero attached hydrogens (tertiary/aromatic N) is 1. The molecule has 124 valence electrons. The second kappa shape index (κ2) is 7.23. The van der Waals surface area contributed by atoms with E-state index in [1.807, 2.05) is 0 Å². The first-order chi connectivity index (χ1) is 11.4. The van der Waals surface area contributed by atoms with Crippen LogP contribution in [-0.2, 0) is 6.54 Å². The summed E-state index contributed by atoms with van der Waals surface area (Å²) < 4.78 is 0. The molecule has 0 aliphatic rings. The Kier molecular flexibility index (Phi) is 5.10. The van der Waals surface area contributed by atoms with Crippen molar-refractivity contribution < 1.29 is 14.5 Å². The molecule has 0 saturated heterocycles. The normalized spacial score (nSPS) is 10.0. The van der Waals surface area contributed by atoms with Crippen LogP contribution in [0.5, 0.6) is 0 Å².